The van der Waals surface area contributed by atoms with Gasteiger partial charge in [-0.2, -0.15) is 0 Å². The molecule has 0 radical (unpaired) electrons. The maximum Gasteiger partial charge on any atom is 0.341 e. The molecular formula is C16H22O3. The summed E-state index contributed by atoms with van der Waals surface area (Å²) in [5.41, 5.74) is 2.29. The first-order valence-corrected chi connectivity index (χ1v) is 7.24. The summed E-state index contributed by atoms with van der Waals surface area (Å²) in [6, 6.07) is 5.63. The van der Waals surface area contributed by atoms with Gasteiger partial charge >= 0.3 is 5.97 Å². The lowest BCUT2D eigenvalue weighted by molar-refractivity contribution is -0.0548. The Bertz CT molecular complexity index is 440. The number of hydrogen-bond acceptors (Lipinski definition) is 3. The Balaban J connectivity index is 1.82. The smallest absolute Gasteiger partial charge is 0.341 e. The number of aryl methyl sites for hydroxylation is 1. The lowest BCUT2D eigenvalue weighted by Crippen LogP contribution is -1.95. The Labute approximate surface area is 114 Å². The molecule has 0 amide bonds. The van der Waals surface area contributed by atoms with E-state index in [1.807, 2.05) is 12.1 Å². The molecule has 1 atom stereocenters. The summed E-state index contributed by atoms with van der Waals surface area (Å²) in [5, 5.41) is 9.60. The van der Waals surface area contributed by atoms with Crippen LogP contribution in [0.2, 0.25) is 0 Å². The quantitative estimate of drug-likeness (QED) is 0.601. The maximum atomic E-state index is 11.4. The van der Waals surface area contributed by atoms with Crippen LogP contribution in [0, 0.1) is 0 Å². The molecule has 0 aliphatic carbocycles. The fourth-order valence-electron chi connectivity index (χ4n) is 2.50. The van der Waals surface area contributed by atoms with Gasteiger partial charge in [-0.1, -0.05) is 45.1 Å². The van der Waals surface area contributed by atoms with Gasteiger partial charge < -0.3 is 9.84 Å². The van der Waals surface area contributed by atoms with Crippen molar-refractivity contribution in [2.24, 2.45) is 0 Å². The lowest BCUT2D eigenvalue weighted by Gasteiger charge is -2.05. The van der Waals surface area contributed by atoms with Crippen LogP contribution in [0.3, 0.4) is 0 Å². The topological polar surface area (TPSA) is 46.5 Å². The molecule has 1 unspecified atom stereocenters. The number of fused-ring (bicyclic) bond motifs is 1. The van der Waals surface area contributed by atoms with Crippen LogP contribution in [0.25, 0.3) is 0 Å². The van der Waals surface area contributed by atoms with Crippen molar-refractivity contribution in [3.63, 3.8) is 0 Å². The molecule has 104 valence electrons. The molecule has 1 aliphatic heterocycles. The van der Waals surface area contributed by atoms with E-state index >= 15 is 0 Å². The minimum atomic E-state index is -1.08. The Hall–Kier alpha value is -1.35. The van der Waals surface area contributed by atoms with Crippen LogP contribution in [0.1, 0.15) is 73.2 Å². The zero-order chi connectivity index (χ0) is 13.7. The van der Waals surface area contributed by atoms with Crippen LogP contribution in [-0.2, 0) is 11.2 Å². The zero-order valence-corrected chi connectivity index (χ0v) is 11.5. The van der Waals surface area contributed by atoms with E-state index in [1.54, 1.807) is 6.07 Å². The molecule has 1 N–H and O–H groups in total. The summed E-state index contributed by atoms with van der Waals surface area (Å²) in [7, 11) is 0. The second-order valence-corrected chi connectivity index (χ2v) is 5.20. The SMILES string of the molecule is CCCCCCCCc1ccc2c(c1)C(O)OC2=O. The number of carbonyl (C=O) groups is 1. The molecule has 0 bridgehead atoms. The van der Waals surface area contributed by atoms with E-state index in [0.29, 0.717) is 11.1 Å². The third-order valence-electron chi connectivity index (χ3n) is 3.64. The maximum absolute atomic E-state index is 11.4. The van der Waals surface area contributed by atoms with Crippen molar-refractivity contribution in [1.29, 1.82) is 0 Å². The number of hydrogen-bond donors (Lipinski definition) is 1. The number of rotatable bonds is 7. The van der Waals surface area contributed by atoms with E-state index in [1.165, 1.54) is 37.7 Å². The lowest BCUT2D eigenvalue weighted by atomic mass is 10.0. The summed E-state index contributed by atoms with van der Waals surface area (Å²) >= 11 is 0. The summed E-state index contributed by atoms with van der Waals surface area (Å²) in [6.07, 6.45) is 7.54. The zero-order valence-electron chi connectivity index (χ0n) is 11.5. The number of cyclic esters (lactones) is 1. The molecule has 3 heteroatoms. The fraction of sp³-hybridized carbons (Fsp3) is 0.562. The van der Waals surface area contributed by atoms with Crippen LogP contribution >= 0.6 is 0 Å². The number of benzene rings is 1. The predicted octanol–water partition coefficient (Wildman–Crippen LogP) is 3.75. The van der Waals surface area contributed by atoms with Crippen molar-refractivity contribution in [3.05, 3.63) is 34.9 Å². The van der Waals surface area contributed by atoms with Crippen LogP contribution in [0.15, 0.2) is 18.2 Å². The Kier molecular flexibility index (Phi) is 4.97. The van der Waals surface area contributed by atoms with Crippen LogP contribution in [0.4, 0.5) is 0 Å². The number of aliphatic hydroxyl groups excluding tert-OH is 1. The summed E-state index contributed by atoms with van der Waals surface area (Å²) < 4.78 is 4.77. The molecule has 0 spiro atoms. The highest BCUT2D eigenvalue weighted by Gasteiger charge is 2.29. The minimum Gasteiger partial charge on any atom is -0.428 e. The van der Waals surface area contributed by atoms with Crippen molar-refractivity contribution >= 4 is 5.97 Å². The van der Waals surface area contributed by atoms with Crippen molar-refractivity contribution < 1.29 is 14.6 Å². The predicted molar refractivity (Wildman–Crippen MR) is 73.9 cm³/mol. The molecule has 0 saturated heterocycles. The van der Waals surface area contributed by atoms with E-state index in [4.69, 9.17) is 4.74 Å². The highest BCUT2D eigenvalue weighted by Crippen LogP contribution is 2.29. The number of unbranched alkanes of at least 4 members (excludes halogenated alkanes) is 5. The molecule has 1 aromatic rings. The Morgan fingerprint density at radius 1 is 1.16 bits per heavy atom. The van der Waals surface area contributed by atoms with Crippen molar-refractivity contribution in [1.82, 2.24) is 0 Å². The van der Waals surface area contributed by atoms with Gasteiger partial charge in [0.05, 0.1) is 5.56 Å². The molecule has 0 saturated carbocycles. The first-order chi connectivity index (χ1) is 9.22. The first-order valence-electron chi connectivity index (χ1n) is 7.24. The van der Waals surface area contributed by atoms with E-state index in [0.717, 1.165) is 12.8 Å². The number of ether oxygens (including phenoxy) is 1. The summed E-state index contributed by atoms with van der Waals surface area (Å²) in [4.78, 5) is 11.4. The number of aliphatic hydroxyl groups is 1. The second kappa shape index (κ2) is 6.71. The van der Waals surface area contributed by atoms with Crippen molar-refractivity contribution in [2.75, 3.05) is 0 Å². The highest BCUT2D eigenvalue weighted by molar-refractivity contribution is 5.93. The van der Waals surface area contributed by atoms with Gasteiger partial charge in [0.25, 0.3) is 0 Å². The average molecular weight is 262 g/mol. The molecule has 3 nitrogen and oxygen atoms in total. The van der Waals surface area contributed by atoms with E-state index in [-0.39, 0.29) is 0 Å². The monoisotopic (exact) mass is 262 g/mol. The Morgan fingerprint density at radius 2 is 1.89 bits per heavy atom. The van der Waals surface area contributed by atoms with Crippen molar-refractivity contribution in [3.8, 4) is 0 Å². The fourth-order valence-corrected chi connectivity index (χ4v) is 2.50. The van der Waals surface area contributed by atoms with Gasteiger partial charge in [-0.15, -0.1) is 0 Å². The Morgan fingerprint density at radius 3 is 2.68 bits per heavy atom. The van der Waals surface area contributed by atoms with Gasteiger partial charge in [0.2, 0.25) is 6.29 Å². The van der Waals surface area contributed by atoms with Gasteiger partial charge in [-0.25, -0.2) is 4.79 Å². The third kappa shape index (κ3) is 3.57. The third-order valence-corrected chi connectivity index (χ3v) is 3.64. The van der Waals surface area contributed by atoms with Gasteiger partial charge in [0, 0.05) is 5.56 Å². The van der Waals surface area contributed by atoms with E-state index in [9.17, 15) is 9.90 Å². The highest BCUT2D eigenvalue weighted by atomic mass is 16.6. The molecule has 1 aliphatic rings. The normalized spacial score (nSPS) is 17.4. The molecule has 0 aromatic heterocycles. The summed E-state index contributed by atoms with van der Waals surface area (Å²) in [6.45, 7) is 2.22. The average Bonchev–Trinajstić information content (AvgIpc) is 2.69. The number of carbonyl (C=O) groups excluding carboxylic acids is 1. The van der Waals surface area contributed by atoms with Crippen LogP contribution in [0.5, 0.6) is 0 Å². The van der Waals surface area contributed by atoms with Gasteiger partial charge in [-0.3, -0.25) is 0 Å². The van der Waals surface area contributed by atoms with E-state index < -0.39 is 12.3 Å². The first kappa shape index (κ1) is 14.1. The summed E-state index contributed by atoms with van der Waals surface area (Å²) in [5.74, 6) is -0.423. The molecule has 1 heterocycles. The van der Waals surface area contributed by atoms with Gasteiger partial charge in [0.15, 0.2) is 0 Å². The molecule has 0 fully saturated rings. The van der Waals surface area contributed by atoms with Crippen LogP contribution in [-0.4, -0.2) is 11.1 Å². The van der Waals surface area contributed by atoms with E-state index in [2.05, 4.69) is 6.92 Å². The van der Waals surface area contributed by atoms with Gasteiger partial charge in [-0.05, 0) is 30.5 Å². The molecular weight excluding hydrogens is 240 g/mol. The molecule has 1 aromatic carbocycles. The van der Waals surface area contributed by atoms with Gasteiger partial charge in [0.1, 0.15) is 0 Å². The largest absolute Gasteiger partial charge is 0.428 e. The number of esters is 1. The molecule has 19 heavy (non-hydrogen) atoms. The standard InChI is InChI=1S/C16H22O3/c1-2-3-4-5-6-7-8-12-9-10-13-14(11-12)16(18)19-15(13)17/h9-11,16,18H,2-8H2,1H3. The van der Waals surface area contributed by atoms with Crippen molar-refractivity contribution in [2.45, 2.75) is 58.2 Å². The second-order valence-electron chi connectivity index (χ2n) is 5.20. The molecule has 2 rings (SSSR count). The van der Waals surface area contributed by atoms with Crippen LogP contribution < -0.4 is 0 Å². The minimum absolute atomic E-state index is 0.423.